The van der Waals surface area contributed by atoms with Gasteiger partial charge in [-0.3, -0.25) is 14.0 Å². The van der Waals surface area contributed by atoms with Crippen molar-refractivity contribution in [2.75, 3.05) is 11.9 Å². The second-order valence-electron chi connectivity index (χ2n) is 8.10. The number of amides is 1. The summed E-state index contributed by atoms with van der Waals surface area (Å²) in [6.45, 7) is 3.85. The number of hydrogen-bond acceptors (Lipinski definition) is 5. The van der Waals surface area contributed by atoms with E-state index in [2.05, 4.69) is 10.2 Å². The number of carbonyl (C=O) groups excluding carboxylic acids is 1. The Morgan fingerprint density at radius 3 is 2.35 bits per heavy atom. The molecule has 2 heterocycles. The Morgan fingerprint density at radius 1 is 0.941 bits per heavy atom. The number of aryl methyl sites for hydroxylation is 1. The molecule has 0 aliphatic heterocycles. The molecule has 0 saturated heterocycles. The molecule has 0 bridgehead atoms. The van der Waals surface area contributed by atoms with Crippen LogP contribution in [-0.2, 0) is 4.79 Å². The van der Waals surface area contributed by atoms with Gasteiger partial charge < -0.3 is 4.90 Å². The number of thioether (sulfide) groups is 1. The summed E-state index contributed by atoms with van der Waals surface area (Å²) in [4.78, 5) is 28.2. The van der Waals surface area contributed by atoms with Crippen LogP contribution < -0.4 is 10.5 Å². The second-order valence-corrected chi connectivity index (χ2v) is 9.41. The Hall–Kier alpha value is -3.91. The highest BCUT2D eigenvalue weighted by atomic mass is 32.2. The van der Waals surface area contributed by atoms with Gasteiger partial charge in [0.2, 0.25) is 11.7 Å². The van der Waals surface area contributed by atoms with Crippen molar-refractivity contribution in [2.45, 2.75) is 24.3 Å². The lowest BCUT2D eigenvalue weighted by Crippen LogP contribution is -2.33. The monoisotopic (exact) mass is 469 g/mol. The van der Waals surface area contributed by atoms with Gasteiger partial charge in [0.1, 0.15) is 0 Å². The average Bonchev–Trinajstić information content (AvgIpc) is 3.28. The van der Waals surface area contributed by atoms with Crippen LogP contribution in [0.2, 0.25) is 0 Å². The van der Waals surface area contributed by atoms with Crippen LogP contribution in [-0.4, -0.2) is 37.4 Å². The second kappa shape index (κ2) is 8.79. The number of para-hydroxylation sites is 2. The van der Waals surface area contributed by atoms with Crippen LogP contribution in [0.4, 0.5) is 5.69 Å². The Bertz CT molecular complexity index is 1560. The summed E-state index contributed by atoms with van der Waals surface area (Å²) in [5.41, 5.74) is 3.17. The molecule has 8 heteroatoms. The van der Waals surface area contributed by atoms with Crippen LogP contribution in [0.1, 0.15) is 12.5 Å². The molecular weight excluding hydrogens is 446 g/mol. The van der Waals surface area contributed by atoms with Gasteiger partial charge in [0.05, 0.1) is 21.8 Å². The molecule has 2 aromatic heterocycles. The van der Waals surface area contributed by atoms with E-state index in [9.17, 15) is 9.59 Å². The van der Waals surface area contributed by atoms with Crippen molar-refractivity contribution < 1.29 is 4.79 Å². The number of hydrogen-bond donors (Lipinski definition) is 0. The summed E-state index contributed by atoms with van der Waals surface area (Å²) in [5, 5.41) is 9.45. The van der Waals surface area contributed by atoms with Crippen molar-refractivity contribution in [3.63, 3.8) is 0 Å². The fraction of sp³-hybridized carbons (Fsp3) is 0.154. The van der Waals surface area contributed by atoms with E-state index in [0.29, 0.717) is 27.5 Å². The van der Waals surface area contributed by atoms with Crippen LogP contribution in [0.3, 0.4) is 0 Å². The van der Waals surface area contributed by atoms with Crippen LogP contribution in [0.15, 0.2) is 88.8 Å². The topological polar surface area (TPSA) is 72.5 Å². The molecular formula is C26H23N5O2S. The normalized spacial score (nSPS) is 12.2. The molecule has 0 aliphatic rings. The quantitative estimate of drug-likeness (QED) is 0.355. The SMILES string of the molecule is Cc1ccc(-n2c(=O)c3ccccc3n3c(SC(C)C(=O)N(C)c4ccccc4)nnc23)cc1. The van der Waals surface area contributed by atoms with Crippen molar-refractivity contribution in [3.05, 3.63) is 94.8 Å². The molecule has 170 valence electrons. The number of carbonyl (C=O) groups is 1. The van der Waals surface area contributed by atoms with Gasteiger partial charge in [-0.25, -0.2) is 4.57 Å². The van der Waals surface area contributed by atoms with E-state index in [1.165, 1.54) is 11.8 Å². The van der Waals surface area contributed by atoms with Crippen molar-refractivity contribution in [1.29, 1.82) is 0 Å². The van der Waals surface area contributed by atoms with Crippen LogP contribution >= 0.6 is 11.8 Å². The molecule has 3 aromatic carbocycles. The van der Waals surface area contributed by atoms with E-state index in [4.69, 9.17) is 0 Å². The number of nitrogens with zero attached hydrogens (tertiary/aromatic N) is 5. The van der Waals surface area contributed by atoms with Crippen molar-refractivity contribution in [3.8, 4) is 5.69 Å². The van der Waals surface area contributed by atoms with Gasteiger partial charge in [0.15, 0.2) is 5.16 Å². The highest BCUT2D eigenvalue weighted by Crippen LogP contribution is 2.28. The molecule has 0 spiro atoms. The summed E-state index contributed by atoms with van der Waals surface area (Å²) < 4.78 is 3.43. The van der Waals surface area contributed by atoms with Gasteiger partial charge in [-0.1, -0.05) is 59.8 Å². The van der Waals surface area contributed by atoms with E-state index < -0.39 is 5.25 Å². The smallest absolute Gasteiger partial charge is 0.267 e. The number of anilines is 1. The molecule has 1 amide bonds. The lowest BCUT2D eigenvalue weighted by molar-refractivity contribution is -0.117. The van der Waals surface area contributed by atoms with Gasteiger partial charge in [0.25, 0.3) is 5.56 Å². The van der Waals surface area contributed by atoms with Crippen molar-refractivity contribution in [2.24, 2.45) is 0 Å². The Balaban J connectivity index is 1.61. The van der Waals surface area contributed by atoms with Gasteiger partial charge in [0, 0.05) is 12.7 Å². The maximum Gasteiger partial charge on any atom is 0.267 e. The molecule has 0 saturated carbocycles. The summed E-state index contributed by atoms with van der Waals surface area (Å²) in [6, 6.07) is 24.6. The average molecular weight is 470 g/mol. The first-order valence-electron chi connectivity index (χ1n) is 10.9. The zero-order valence-corrected chi connectivity index (χ0v) is 19.9. The van der Waals surface area contributed by atoms with E-state index >= 15 is 0 Å². The number of aromatic nitrogens is 4. The summed E-state index contributed by atoms with van der Waals surface area (Å²) in [7, 11) is 1.76. The van der Waals surface area contributed by atoms with E-state index in [1.54, 1.807) is 22.6 Å². The minimum absolute atomic E-state index is 0.0517. The third-order valence-corrected chi connectivity index (χ3v) is 6.82. The standard InChI is InChI=1S/C26H23N5O2S/c1-17-13-15-20(16-14-17)30-24(33)21-11-7-8-12-22(21)31-25(30)27-28-26(31)34-18(2)23(32)29(3)19-9-5-4-6-10-19/h4-16,18H,1-3H3. The molecule has 7 nitrogen and oxygen atoms in total. The molecule has 0 radical (unpaired) electrons. The molecule has 34 heavy (non-hydrogen) atoms. The zero-order valence-electron chi connectivity index (χ0n) is 19.0. The van der Waals surface area contributed by atoms with Crippen LogP contribution in [0, 0.1) is 6.92 Å². The Labute approximate surface area is 200 Å². The first-order valence-corrected chi connectivity index (χ1v) is 11.8. The third kappa shape index (κ3) is 3.76. The summed E-state index contributed by atoms with van der Waals surface area (Å²) >= 11 is 1.32. The Morgan fingerprint density at radius 2 is 1.62 bits per heavy atom. The molecule has 1 unspecified atom stereocenters. The molecule has 5 rings (SSSR count). The minimum atomic E-state index is -0.420. The van der Waals surface area contributed by atoms with Gasteiger partial charge >= 0.3 is 0 Å². The van der Waals surface area contributed by atoms with Crippen molar-refractivity contribution in [1.82, 2.24) is 19.2 Å². The molecule has 0 fully saturated rings. The first kappa shape index (κ1) is 21.9. The largest absolute Gasteiger partial charge is 0.315 e. The highest BCUT2D eigenvalue weighted by Gasteiger charge is 2.24. The molecule has 0 N–H and O–H groups in total. The minimum Gasteiger partial charge on any atom is -0.315 e. The van der Waals surface area contributed by atoms with Gasteiger partial charge in [-0.05, 0) is 50.2 Å². The number of fused-ring (bicyclic) bond motifs is 3. The van der Waals surface area contributed by atoms with E-state index in [-0.39, 0.29) is 11.5 Å². The van der Waals surface area contributed by atoms with E-state index in [0.717, 1.165) is 11.3 Å². The molecule has 0 aliphatic carbocycles. The molecule has 5 aromatic rings. The number of rotatable bonds is 5. The maximum atomic E-state index is 13.4. The van der Waals surface area contributed by atoms with Gasteiger partial charge in [-0.2, -0.15) is 0 Å². The summed E-state index contributed by atoms with van der Waals surface area (Å²) in [6.07, 6.45) is 0. The third-order valence-electron chi connectivity index (χ3n) is 5.79. The fourth-order valence-electron chi connectivity index (χ4n) is 3.94. The van der Waals surface area contributed by atoms with Gasteiger partial charge in [-0.15, -0.1) is 10.2 Å². The lowest BCUT2D eigenvalue weighted by atomic mass is 10.2. The summed E-state index contributed by atoms with van der Waals surface area (Å²) in [5.74, 6) is 0.357. The molecule has 1 atom stereocenters. The zero-order chi connectivity index (χ0) is 23.8. The first-order chi connectivity index (χ1) is 16.5. The predicted octanol–water partition coefficient (Wildman–Crippen LogP) is 4.49. The van der Waals surface area contributed by atoms with Crippen molar-refractivity contribution >= 4 is 40.0 Å². The maximum absolute atomic E-state index is 13.4. The predicted molar refractivity (Wildman–Crippen MR) is 136 cm³/mol. The number of benzene rings is 3. The van der Waals surface area contributed by atoms with Crippen LogP contribution in [0.5, 0.6) is 0 Å². The fourth-order valence-corrected chi connectivity index (χ4v) is 4.89. The highest BCUT2D eigenvalue weighted by molar-refractivity contribution is 8.00. The lowest BCUT2D eigenvalue weighted by Gasteiger charge is -2.21. The Kier molecular flexibility index (Phi) is 5.67. The van der Waals surface area contributed by atoms with Crippen LogP contribution in [0.25, 0.3) is 22.4 Å². The van der Waals surface area contributed by atoms with E-state index in [1.807, 2.05) is 91.0 Å².